The van der Waals surface area contributed by atoms with Gasteiger partial charge in [-0.2, -0.15) is 0 Å². The van der Waals surface area contributed by atoms with Crippen LogP contribution in [0, 0.1) is 6.92 Å². The van der Waals surface area contributed by atoms with Crippen molar-refractivity contribution in [2.24, 2.45) is 5.73 Å². The minimum atomic E-state index is 0.810. The van der Waals surface area contributed by atoms with E-state index in [1.807, 2.05) is 0 Å². The van der Waals surface area contributed by atoms with E-state index in [0.29, 0.717) is 0 Å². The lowest BCUT2D eigenvalue weighted by Crippen LogP contribution is -1.94. The van der Waals surface area contributed by atoms with Crippen LogP contribution in [-0.2, 0) is 6.42 Å². The Morgan fingerprint density at radius 1 is 1.13 bits per heavy atom. The fraction of sp³-hybridized carbons (Fsp3) is 0.429. The van der Waals surface area contributed by atoms with Crippen LogP contribution in [0.15, 0.2) is 36.5 Å². The Labute approximate surface area is 93.0 Å². The Balaban J connectivity index is 2.15. The maximum absolute atomic E-state index is 5.51. The lowest BCUT2D eigenvalue weighted by molar-refractivity contribution is 0.674. The molecule has 1 nitrogen and oxygen atoms in total. The van der Waals surface area contributed by atoms with Gasteiger partial charge in [-0.05, 0) is 38.2 Å². The molecule has 0 unspecified atom stereocenters. The van der Waals surface area contributed by atoms with Crippen molar-refractivity contribution in [2.45, 2.75) is 39.0 Å². The van der Waals surface area contributed by atoms with Gasteiger partial charge in [-0.3, -0.25) is 0 Å². The van der Waals surface area contributed by atoms with E-state index >= 15 is 0 Å². The molecule has 1 heteroatoms. The van der Waals surface area contributed by atoms with E-state index in [-0.39, 0.29) is 0 Å². The van der Waals surface area contributed by atoms with Gasteiger partial charge in [0.2, 0.25) is 0 Å². The van der Waals surface area contributed by atoms with Crippen LogP contribution in [0.3, 0.4) is 0 Å². The van der Waals surface area contributed by atoms with Gasteiger partial charge >= 0.3 is 0 Å². The van der Waals surface area contributed by atoms with Gasteiger partial charge in [0.1, 0.15) is 0 Å². The number of aryl methyl sites for hydroxylation is 2. The predicted octanol–water partition coefficient (Wildman–Crippen LogP) is 3.57. The van der Waals surface area contributed by atoms with Gasteiger partial charge in [-0.25, -0.2) is 0 Å². The van der Waals surface area contributed by atoms with Crippen LogP contribution in [0.5, 0.6) is 0 Å². The van der Waals surface area contributed by atoms with Gasteiger partial charge < -0.3 is 5.73 Å². The first-order valence-corrected chi connectivity index (χ1v) is 5.67. The van der Waals surface area contributed by atoms with Crippen molar-refractivity contribution >= 4 is 0 Å². The van der Waals surface area contributed by atoms with Crippen LogP contribution in [0.4, 0.5) is 0 Å². The van der Waals surface area contributed by atoms with Gasteiger partial charge in [0.25, 0.3) is 0 Å². The van der Waals surface area contributed by atoms with Crippen molar-refractivity contribution in [1.29, 1.82) is 0 Å². The van der Waals surface area contributed by atoms with Gasteiger partial charge in [0, 0.05) is 5.70 Å². The third kappa shape index (κ3) is 5.26. The van der Waals surface area contributed by atoms with Crippen LogP contribution in [0.25, 0.3) is 0 Å². The predicted molar refractivity (Wildman–Crippen MR) is 66.7 cm³/mol. The Hall–Kier alpha value is -1.24. The van der Waals surface area contributed by atoms with Gasteiger partial charge in [0.15, 0.2) is 0 Å². The summed E-state index contributed by atoms with van der Waals surface area (Å²) < 4.78 is 0. The first kappa shape index (κ1) is 11.8. The molecule has 0 heterocycles. The second kappa shape index (κ2) is 6.28. The number of hydrogen-bond donors (Lipinski definition) is 1. The minimum absolute atomic E-state index is 0.810. The molecule has 0 aliphatic rings. The fourth-order valence-corrected chi connectivity index (χ4v) is 1.61. The summed E-state index contributed by atoms with van der Waals surface area (Å²) in [5.74, 6) is 0. The fourth-order valence-electron chi connectivity index (χ4n) is 1.61. The first-order valence-electron chi connectivity index (χ1n) is 5.67. The Bertz CT molecular complexity index is 298. The lowest BCUT2D eigenvalue weighted by Gasteiger charge is -2.02. The molecular weight excluding hydrogens is 182 g/mol. The molecule has 0 saturated heterocycles. The van der Waals surface area contributed by atoms with E-state index < -0.39 is 0 Å². The highest BCUT2D eigenvalue weighted by Gasteiger charge is 1.94. The van der Waals surface area contributed by atoms with Crippen LogP contribution in [-0.4, -0.2) is 0 Å². The number of rotatable bonds is 6. The van der Waals surface area contributed by atoms with E-state index in [9.17, 15) is 0 Å². The average Bonchev–Trinajstić information content (AvgIpc) is 2.20. The molecule has 82 valence electrons. The second-order valence-electron chi connectivity index (χ2n) is 4.20. The second-order valence-corrected chi connectivity index (χ2v) is 4.20. The Kier molecular flexibility index (Phi) is 4.96. The monoisotopic (exact) mass is 203 g/mol. The number of unbranched alkanes of at least 4 members (excludes halogenated alkanes) is 2. The highest BCUT2D eigenvalue weighted by atomic mass is 14.5. The Morgan fingerprint density at radius 2 is 1.80 bits per heavy atom. The molecule has 0 aliphatic carbocycles. The van der Waals surface area contributed by atoms with Crippen LogP contribution in [0.1, 0.15) is 36.8 Å². The van der Waals surface area contributed by atoms with Crippen LogP contribution < -0.4 is 5.73 Å². The first-order chi connectivity index (χ1) is 7.18. The third-order valence-corrected chi connectivity index (χ3v) is 2.58. The highest BCUT2D eigenvalue weighted by Crippen LogP contribution is 2.10. The zero-order chi connectivity index (χ0) is 11.1. The molecule has 0 atom stereocenters. The van der Waals surface area contributed by atoms with Crippen molar-refractivity contribution in [3.63, 3.8) is 0 Å². The molecule has 0 spiro atoms. The largest absolute Gasteiger partial charge is 0.403 e. The molecule has 0 aliphatic heterocycles. The molecule has 0 aromatic heterocycles. The van der Waals surface area contributed by atoms with Crippen molar-refractivity contribution in [3.8, 4) is 0 Å². The van der Waals surface area contributed by atoms with Crippen LogP contribution in [0.2, 0.25) is 0 Å². The van der Waals surface area contributed by atoms with Gasteiger partial charge in [0.05, 0.1) is 0 Å². The summed E-state index contributed by atoms with van der Waals surface area (Å²) in [6.45, 7) is 5.82. The van der Waals surface area contributed by atoms with Crippen LogP contribution >= 0.6 is 0 Å². The zero-order valence-corrected chi connectivity index (χ0v) is 9.63. The average molecular weight is 203 g/mol. The summed E-state index contributed by atoms with van der Waals surface area (Å²) in [6, 6.07) is 8.79. The maximum Gasteiger partial charge on any atom is 0.000744 e. The zero-order valence-electron chi connectivity index (χ0n) is 9.63. The lowest BCUT2D eigenvalue weighted by atomic mass is 10.0. The molecule has 0 fully saturated rings. The van der Waals surface area contributed by atoms with Crippen molar-refractivity contribution in [3.05, 3.63) is 47.7 Å². The summed E-state index contributed by atoms with van der Waals surface area (Å²) in [5, 5.41) is 0. The van der Waals surface area contributed by atoms with Gasteiger partial charge in [-0.15, -0.1) is 0 Å². The molecule has 0 radical (unpaired) electrons. The van der Waals surface area contributed by atoms with E-state index in [0.717, 1.165) is 12.1 Å². The van der Waals surface area contributed by atoms with E-state index in [4.69, 9.17) is 5.73 Å². The molecule has 15 heavy (non-hydrogen) atoms. The standard InChI is InChI=1S/C14H21N/c1-12-8-10-14(11-9-12)7-5-3-4-6-13(2)15/h8-11H,2-7,15H2,1H3. The summed E-state index contributed by atoms with van der Waals surface area (Å²) in [5.41, 5.74) is 9.09. The number of benzene rings is 1. The summed E-state index contributed by atoms with van der Waals surface area (Å²) in [4.78, 5) is 0. The summed E-state index contributed by atoms with van der Waals surface area (Å²) >= 11 is 0. The minimum Gasteiger partial charge on any atom is -0.403 e. The number of hydrogen-bond acceptors (Lipinski definition) is 1. The SMILES string of the molecule is C=C(N)CCCCCc1ccc(C)cc1. The highest BCUT2D eigenvalue weighted by molar-refractivity contribution is 5.21. The molecule has 2 N–H and O–H groups in total. The van der Waals surface area contributed by atoms with Gasteiger partial charge in [-0.1, -0.05) is 42.8 Å². The van der Waals surface area contributed by atoms with E-state index in [2.05, 4.69) is 37.8 Å². The quantitative estimate of drug-likeness (QED) is 0.703. The normalized spacial score (nSPS) is 10.2. The van der Waals surface area contributed by atoms with Crippen molar-refractivity contribution < 1.29 is 0 Å². The molecule has 0 amide bonds. The molecule has 1 rings (SSSR count). The number of allylic oxidation sites excluding steroid dienone is 1. The summed E-state index contributed by atoms with van der Waals surface area (Å²) in [6.07, 6.45) is 5.80. The Morgan fingerprint density at radius 3 is 2.40 bits per heavy atom. The molecular formula is C14H21N. The molecule has 1 aromatic rings. The smallest absolute Gasteiger partial charge is 0.000744 e. The molecule has 1 aromatic carbocycles. The third-order valence-electron chi connectivity index (χ3n) is 2.58. The molecule has 0 bridgehead atoms. The van der Waals surface area contributed by atoms with E-state index in [1.165, 1.54) is 36.8 Å². The summed E-state index contributed by atoms with van der Waals surface area (Å²) in [7, 11) is 0. The molecule has 0 saturated carbocycles. The van der Waals surface area contributed by atoms with Crippen molar-refractivity contribution in [2.75, 3.05) is 0 Å². The topological polar surface area (TPSA) is 26.0 Å². The van der Waals surface area contributed by atoms with E-state index in [1.54, 1.807) is 0 Å². The van der Waals surface area contributed by atoms with Crippen molar-refractivity contribution in [1.82, 2.24) is 0 Å². The number of nitrogens with two attached hydrogens (primary N) is 1. The maximum atomic E-state index is 5.51.